The normalized spacial score (nSPS) is 18.4. The van der Waals surface area contributed by atoms with Gasteiger partial charge in [-0.1, -0.05) is 12.1 Å². The summed E-state index contributed by atoms with van der Waals surface area (Å²) in [6.07, 6.45) is -0.635. The Labute approximate surface area is 181 Å². The highest BCUT2D eigenvalue weighted by atomic mass is 16.6. The van der Waals surface area contributed by atoms with Gasteiger partial charge in [0.25, 0.3) is 5.91 Å². The van der Waals surface area contributed by atoms with Gasteiger partial charge in [0.05, 0.1) is 13.2 Å². The molecule has 1 saturated heterocycles. The summed E-state index contributed by atoms with van der Waals surface area (Å²) in [7, 11) is 0. The number of anilines is 1. The average molecular weight is 425 g/mol. The summed E-state index contributed by atoms with van der Waals surface area (Å²) in [6, 6.07) is 14.7. The second-order valence-corrected chi connectivity index (χ2v) is 7.47. The van der Waals surface area contributed by atoms with Crippen LogP contribution in [0.25, 0.3) is 0 Å². The lowest BCUT2D eigenvalue weighted by molar-refractivity contribution is -0.143. The molecule has 2 aliphatic rings. The largest absolute Gasteiger partial charge is 0.494 e. The third-order valence-electron chi connectivity index (χ3n) is 5.28. The molecule has 2 amide bonds. The van der Waals surface area contributed by atoms with E-state index in [9.17, 15) is 9.59 Å². The molecule has 8 heteroatoms. The number of benzene rings is 2. The Balaban J connectivity index is 1.22. The van der Waals surface area contributed by atoms with Crippen LogP contribution in [0.5, 0.6) is 17.2 Å². The van der Waals surface area contributed by atoms with E-state index in [0.717, 1.165) is 11.4 Å². The van der Waals surface area contributed by atoms with Crippen LogP contribution in [0.3, 0.4) is 0 Å². The zero-order chi connectivity index (χ0) is 21.6. The van der Waals surface area contributed by atoms with E-state index >= 15 is 0 Å². The van der Waals surface area contributed by atoms with E-state index < -0.39 is 6.10 Å². The number of rotatable bonds is 6. The molecule has 0 unspecified atom stereocenters. The number of carbonyl (C=O) groups excluding carboxylic acids is 2. The van der Waals surface area contributed by atoms with Crippen molar-refractivity contribution >= 4 is 17.5 Å². The zero-order valence-corrected chi connectivity index (χ0v) is 17.6. The predicted molar refractivity (Wildman–Crippen MR) is 116 cm³/mol. The molecule has 0 aromatic heterocycles. The summed E-state index contributed by atoms with van der Waals surface area (Å²) in [5.74, 6) is 1.88. The smallest absolute Gasteiger partial charge is 0.267 e. The Morgan fingerprint density at radius 3 is 2.45 bits per heavy atom. The van der Waals surface area contributed by atoms with Gasteiger partial charge in [-0.05, 0) is 43.3 Å². The fraction of sp³-hybridized carbons (Fsp3) is 0.391. The molecule has 0 radical (unpaired) electrons. The maximum Gasteiger partial charge on any atom is 0.267 e. The Kier molecular flexibility index (Phi) is 6.57. The van der Waals surface area contributed by atoms with Crippen molar-refractivity contribution < 1.29 is 23.8 Å². The van der Waals surface area contributed by atoms with Gasteiger partial charge in [-0.3, -0.25) is 14.5 Å². The quantitative estimate of drug-likeness (QED) is 0.763. The summed E-state index contributed by atoms with van der Waals surface area (Å²) in [5.41, 5.74) is 0.733. The first kappa shape index (κ1) is 21.0. The van der Waals surface area contributed by atoms with Gasteiger partial charge in [0.1, 0.15) is 12.4 Å². The van der Waals surface area contributed by atoms with Crippen LogP contribution in [0.15, 0.2) is 48.5 Å². The number of para-hydroxylation sites is 2. The van der Waals surface area contributed by atoms with Crippen LogP contribution in [-0.2, 0) is 9.59 Å². The van der Waals surface area contributed by atoms with Crippen LogP contribution < -0.4 is 19.5 Å². The Morgan fingerprint density at radius 2 is 1.74 bits per heavy atom. The molecule has 8 nitrogen and oxygen atoms in total. The van der Waals surface area contributed by atoms with Gasteiger partial charge < -0.3 is 24.4 Å². The highest BCUT2D eigenvalue weighted by Gasteiger charge is 2.32. The lowest BCUT2D eigenvalue weighted by atomic mass is 10.2. The third-order valence-corrected chi connectivity index (χ3v) is 5.28. The van der Waals surface area contributed by atoms with E-state index in [2.05, 4.69) is 5.32 Å². The molecule has 31 heavy (non-hydrogen) atoms. The van der Waals surface area contributed by atoms with Gasteiger partial charge in [0.15, 0.2) is 11.5 Å². The number of piperazine rings is 1. The van der Waals surface area contributed by atoms with Gasteiger partial charge in [0.2, 0.25) is 12.0 Å². The second kappa shape index (κ2) is 9.70. The molecule has 164 valence electrons. The van der Waals surface area contributed by atoms with Crippen LogP contribution in [-0.4, -0.2) is 73.7 Å². The van der Waals surface area contributed by atoms with Crippen molar-refractivity contribution in [2.45, 2.75) is 13.0 Å². The molecule has 2 aromatic carbocycles. The van der Waals surface area contributed by atoms with E-state index in [1.165, 1.54) is 0 Å². The summed E-state index contributed by atoms with van der Waals surface area (Å²) in [6.45, 7) is 5.39. The van der Waals surface area contributed by atoms with Gasteiger partial charge in [-0.15, -0.1) is 0 Å². The maximum absolute atomic E-state index is 12.8. The molecule has 1 atom stereocenters. The molecule has 2 aliphatic heterocycles. The van der Waals surface area contributed by atoms with Gasteiger partial charge in [-0.2, -0.15) is 0 Å². The van der Waals surface area contributed by atoms with Gasteiger partial charge in [0, 0.05) is 31.9 Å². The number of hydrogen-bond donors (Lipinski definition) is 1. The monoisotopic (exact) mass is 425 g/mol. The third kappa shape index (κ3) is 5.27. The molecular formula is C23H27N3O5. The average Bonchev–Trinajstić information content (AvgIpc) is 2.80. The van der Waals surface area contributed by atoms with Crippen molar-refractivity contribution in [1.82, 2.24) is 9.80 Å². The first-order valence-corrected chi connectivity index (χ1v) is 10.5. The summed E-state index contributed by atoms with van der Waals surface area (Å²) in [5, 5.41) is 2.90. The number of fused-ring (bicyclic) bond motifs is 1. The number of amides is 2. The van der Waals surface area contributed by atoms with Crippen molar-refractivity contribution in [2.75, 3.05) is 51.3 Å². The second-order valence-electron chi connectivity index (χ2n) is 7.47. The fourth-order valence-corrected chi connectivity index (χ4v) is 3.68. The van der Waals surface area contributed by atoms with Crippen molar-refractivity contribution in [3.8, 4) is 17.2 Å². The zero-order valence-electron chi connectivity index (χ0n) is 17.6. The van der Waals surface area contributed by atoms with E-state index in [1.54, 1.807) is 11.0 Å². The van der Waals surface area contributed by atoms with Crippen LogP contribution >= 0.6 is 0 Å². The Hall–Kier alpha value is -3.26. The number of nitrogens with zero attached hydrogens (tertiary/aromatic N) is 2. The number of ether oxygens (including phenoxy) is 3. The number of nitrogens with one attached hydrogen (secondary N) is 1. The lowest BCUT2D eigenvalue weighted by Gasteiger charge is -2.36. The summed E-state index contributed by atoms with van der Waals surface area (Å²) < 4.78 is 16.9. The van der Waals surface area contributed by atoms with Crippen molar-refractivity contribution in [1.29, 1.82) is 0 Å². The summed E-state index contributed by atoms with van der Waals surface area (Å²) >= 11 is 0. The molecule has 1 fully saturated rings. The minimum absolute atomic E-state index is 0.0759. The first-order chi connectivity index (χ1) is 15.1. The van der Waals surface area contributed by atoms with Crippen molar-refractivity contribution in [2.24, 2.45) is 0 Å². The molecule has 0 bridgehead atoms. The minimum atomic E-state index is -0.635. The van der Waals surface area contributed by atoms with E-state index in [4.69, 9.17) is 14.2 Å². The fourth-order valence-electron chi connectivity index (χ4n) is 3.68. The van der Waals surface area contributed by atoms with Crippen LogP contribution in [0.2, 0.25) is 0 Å². The van der Waals surface area contributed by atoms with Crippen LogP contribution in [0, 0.1) is 0 Å². The maximum atomic E-state index is 12.8. The highest BCUT2D eigenvalue weighted by molar-refractivity contribution is 5.92. The Bertz CT molecular complexity index is 910. The van der Waals surface area contributed by atoms with E-state index in [1.807, 2.05) is 54.3 Å². The Morgan fingerprint density at radius 1 is 1.03 bits per heavy atom. The van der Waals surface area contributed by atoms with E-state index in [0.29, 0.717) is 44.3 Å². The number of hydrogen-bond acceptors (Lipinski definition) is 6. The molecule has 2 aromatic rings. The molecule has 0 spiro atoms. The standard InChI is InChI=1S/C23H27N3O5/c1-2-29-18-9-7-17(8-10-18)24-22(27)15-25-11-13-26(14-12-25)23(28)21-16-30-19-5-3-4-6-20(19)31-21/h3-10,21H,2,11-16H2,1H3,(H,24,27)/t21-/m1/s1. The highest BCUT2D eigenvalue weighted by Crippen LogP contribution is 2.31. The van der Waals surface area contributed by atoms with Crippen molar-refractivity contribution in [3.63, 3.8) is 0 Å². The lowest BCUT2D eigenvalue weighted by Crippen LogP contribution is -2.54. The molecular weight excluding hydrogens is 398 g/mol. The van der Waals surface area contributed by atoms with Gasteiger partial charge in [-0.25, -0.2) is 0 Å². The predicted octanol–water partition coefficient (Wildman–Crippen LogP) is 2.01. The van der Waals surface area contributed by atoms with Crippen LogP contribution in [0.4, 0.5) is 5.69 Å². The molecule has 1 N–H and O–H groups in total. The topological polar surface area (TPSA) is 80.3 Å². The number of carbonyl (C=O) groups is 2. The molecule has 0 saturated carbocycles. The van der Waals surface area contributed by atoms with E-state index in [-0.39, 0.29) is 25.0 Å². The van der Waals surface area contributed by atoms with Gasteiger partial charge >= 0.3 is 0 Å². The molecule has 0 aliphatic carbocycles. The minimum Gasteiger partial charge on any atom is -0.494 e. The first-order valence-electron chi connectivity index (χ1n) is 10.5. The van der Waals surface area contributed by atoms with Crippen molar-refractivity contribution in [3.05, 3.63) is 48.5 Å². The molecule has 4 rings (SSSR count). The molecule has 2 heterocycles. The SMILES string of the molecule is CCOc1ccc(NC(=O)CN2CCN(C(=O)[C@H]3COc4ccccc4O3)CC2)cc1. The van der Waals surface area contributed by atoms with Crippen LogP contribution in [0.1, 0.15) is 6.92 Å². The summed E-state index contributed by atoms with van der Waals surface area (Å²) in [4.78, 5) is 29.0.